The molecule has 3 aromatic heterocycles. The zero-order valence-corrected chi connectivity index (χ0v) is 16.1. The van der Waals surface area contributed by atoms with Crippen LogP contribution in [0.5, 0.6) is 0 Å². The van der Waals surface area contributed by atoms with Gasteiger partial charge in [-0.15, -0.1) is 0 Å². The number of hydrogen-bond donors (Lipinski definition) is 1. The monoisotopic (exact) mass is 414 g/mol. The Morgan fingerprint density at radius 3 is 2.53 bits per heavy atom. The van der Waals surface area contributed by atoms with Crippen LogP contribution in [0.1, 0.15) is 27.4 Å². The van der Waals surface area contributed by atoms with Crippen molar-refractivity contribution in [3.63, 3.8) is 0 Å². The van der Waals surface area contributed by atoms with Gasteiger partial charge in [-0.2, -0.15) is 18.3 Å². The molecular formula is C21H17F3N4O2. The first-order chi connectivity index (χ1) is 14.2. The quantitative estimate of drug-likeness (QED) is 0.534. The Bertz CT molecular complexity index is 1220. The van der Waals surface area contributed by atoms with Gasteiger partial charge in [0, 0.05) is 12.6 Å². The number of hydrogen-bond acceptors (Lipinski definition) is 4. The summed E-state index contributed by atoms with van der Waals surface area (Å²) in [7, 11) is 1.68. The van der Waals surface area contributed by atoms with Crippen molar-refractivity contribution in [3.05, 3.63) is 71.3 Å². The Balaban J connectivity index is 1.70. The number of rotatable bonds is 4. The molecular weight excluding hydrogens is 397 g/mol. The molecule has 30 heavy (non-hydrogen) atoms. The number of pyridine rings is 1. The van der Waals surface area contributed by atoms with Crippen molar-refractivity contribution >= 4 is 16.9 Å². The SMILES string of the molecule is Cc1ccc(CNC(=O)c2cc(-c3ccc(C(F)(F)F)cc3)nc3c2cnn3C)o1. The standard InChI is InChI=1S/C21H17F3N4O2/c1-12-3-8-15(30-12)10-25-20(29)16-9-18(27-19-17(16)11-26-28(19)2)13-4-6-14(7-5-13)21(22,23)24/h3-9,11H,10H2,1-2H3,(H,25,29). The zero-order valence-electron chi connectivity index (χ0n) is 16.1. The Hall–Kier alpha value is -3.62. The molecule has 0 aliphatic heterocycles. The average molecular weight is 414 g/mol. The van der Waals surface area contributed by atoms with Crippen molar-refractivity contribution in [2.45, 2.75) is 19.6 Å². The molecule has 0 saturated heterocycles. The van der Waals surface area contributed by atoms with E-state index >= 15 is 0 Å². The number of benzene rings is 1. The van der Waals surface area contributed by atoms with Crippen LogP contribution in [0, 0.1) is 6.92 Å². The molecule has 0 fully saturated rings. The van der Waals surface area contributed by atoms with Crippen LogP contribution in [0.4, 0.5) is 13.2 Å². The van der Waals surface area contributed by atoms with E-state index in [0.29, 0.717) is 33.6 Å². The second-order valence-electron chi connectivity index (χ2n) is 6.83. The van der Waals surface area contributed by atoms with Crippen LogP contribution in [-0.2, 0) is 19.8 Å². The smallest absolute Gasteiger partial charge is 0.416 e. The molecule has 3 heterocycles. The number of fused-ring (bicyclic) bond motifs is 1. The highest BCUT2D eigenvalue weighted by Gasteiger charge is 2.30. The highest BCUT2D eigenvalue weighted by molar-refractivity contribution is 6.06. The molecule has 6 nitrogen and oxygen atoms in total. The molecule has 0 atom stereocenters. The summed E-state index contributed by atoms with van der Waals surface area (Å²) in [5, 5.41) is 7.48. The normalized spacial score (nSPS) is 11.8. The van der Waals surface area contributed by atoms with E-state index in [-0.39, 0.29) is 12.5 Å². The van der Waals surface area contributed by atoms with E-state index in [1.807, 2.05) is 6.92 Å². The van der Waals surface area contributed by atoms with E-state index in [9.17, 15) is 18.0 Å². The summed E-state index contributed by atoms with van der Waals surface area (Å²) in [6.07, 6.45) is -2.89. The lowest BCUT2D eigenvalue weighted by Crippen LogP contribution is -2.23. The van der Waals surface area contributed by atoms with Gasteiger partial charge in [0.25, 0.3) is 5.91 Å². The van der Waals surface area contributed by atoms with E-state index in [4.69, 9.17) is 4.42 Å². The number of aryl methyl sites for hydroxylation is 2. The highest BCUT2D eigenvalue weighted by atomic mass is 19.4. The van der Waals surface area contributed by atoms with Crippen LogP contribution < -0.4 is 5.32 Å². The number of nitrogens with one attached hydrogen (secondary N) is 1. The molecule has 0 radical (unpaired) electrons. The topological polar surface area (TPSA) is 73.0 Å². The fourth-order valence-corrected chi connectivity index (χ4v) is 3.12. The molecule has 1 aromatic carbocycles. The number of furan rings is 1. The summed E-state index contributed by atoms with van der Waals surface area (Å²) in [5.41, 5.74) is 0.859. The largest absolute Gasteiger partial charge is 0.465 e. The maximum Gasteiger partial charge on any atom is 0.416 e. The summed E-state index contributed by atoms with van der Waals surface area (Å²) in [6, 6.07) is 9.77. The molecule has 0 saturated carbocycles. The fraction of sp³-hybridized carbons (Fsp3) is 0.190. The first kappa shape index (κ1) is 19.7. The molecule has 4 rings (SSSR count). The van der Waals surface area contributed by atoms with Crippen molar-refractivity contribution in [2.24, 2.45) is 7.05 Å². The van der Waals surface area contributed by atoms with Crippen LogP contribution in [0.3, 0.4) is 0 Å². The molecule has 9 heteroatoms. The predicted molar refractivity (Wildman–Crippen MR) is 104 cm³/mol. The number of alkyl halides is 3. The summed E-state index contributed by atoms with van der Waals surface area (Å²) >= 11 is 0. The van der Waals surface area contributed by atoms with E-state index in [1.54, 1.807) is 25.2 Å². The van der Waals surface area contributed by atoms with Crippen molar-refractivity contribution in [1.82, 2.24) is 20.1 Å². The highest BCUT2D eigenvalue weighted by Crippen LogP contribution is 2.31. The Labute approximate surface area is 169 Å². The lowest BCUT2D eigenvalue weighted by atomic mass is 10.0. The maximum absolute atomic E-state index is 12.9. The molecule has 0 spiro atoms. The minimum absolute atomic E-state index is 0.201. The van der Waals surface area contributed by atoms with E-state index in [0.717, 1.165) is 17.9 Å². The minimum atomic E-state index is -4.42. The van der Waals surface area contributed by atoms with Gasteiger partial charge in [-0.1, -0.05) is 12.1 Å². The summed E-state index contributed by atoms with van der Waals surface area (Å²) < 4.78 is 45.5. The fourth-order valence-electron chi connectivity index (χ4n) is 3.12. The van der Waals surface area contributed by atoms with Crippen molar-refractivity contribution in [3.8, 4) is 11.3 Å². The summed E-state index contributed by atoms with van der Waals surface area (Å²) in [4.78, 5) is 17.3. The molecule has 1 amide bonds. The summed E-state index contributed by atoms with van der Waals surface area (Å²) in [5.74, 6) is 0.986. The van der Waals surface area contributed by atoms with Crippen molar-refractivity contribution in [2.75, 3.05) is 0 Å². The van der Waals surface area contributed by atoms with Gasteiger partial charge < -0.3 is 9.73 Å². The van der Waals surface area contributed by atoms with Gasteiger partial charge in [-0.3, -0.25) is 9.48 Å². The Morgan fingerprint density at radius 2 is 1.90 bits per heavy atom. The maximum atomic E-state index is 12.9. The molecule has 0 aliphatic rings. The first-order valence-corrected chi connectivity index (χ1v) is 9.06. The van der Waals surface area contributed by atoms with Gasteiger partial charge in [0.2, 0.25) is 0 Å². The van der Waals surface area contributed by atoms with Gasteiger partial charge in [0.1, 0.15) is 11.5 Å². The third kappa shape index (κ3) is 3.78. The van der Waals surface area contributed by atoms with Gasteiger partial charge in [-0.25, -0.2) is 4.98 Å². The van der Waals surface area contributed by atoms with Crippen LogP contribution >= 0.6 is 0 Å². The molecule has 0 aliphatic carbocycles. The summed E-state index contributed by atoms with van der Waals surface area (Å²) in [6.45, 7) is 2.01. The lowest BCUT2D eigenvalue weighted by molar-refractivity contribution is -0.137. The number of amides is 1. The van der Waals surface area contributed by atoms with Gasteiger partial charge in [-0.05, 0) is 37.3 Å². The van der Waals surface area contributed by atoms with Crippen LogP contribution in [0.15, 0.2) is 53.1 Å². The first-order valence-electron chi connectivity index (χ1n) is 9.06. The second kappa shape index (κ2) is 7.33. The predicted octanol–water partition coefficient (Wildman–Crippen LogP) is 4.49. The van der Waals surface area contributed by atoms with Crippen molar-refractivity contribution in [1.29, 1.82) is 0 Å². The number of carbonyl (C=O) groups is 1. The molecule has 4 aromatic rings. The molecule has 154 valence electrons. The van der Waals surface area contributed by atoms with Crippen LogP contribution in [-0.4, -0.2) is 20.7 Å². The second-order valence-corrected chi connectivity index (χ2v) is 6.83. The van der Waals surface area contributed by atoms with E-state index in [2.05, 4.69) is 15.4 Å². The van der Waals surface area contributed by atoms with Gasteiger partial charge in [0.15, 0.2) is 5.65 Å². The van der Waals surface area contributed by atoms with Crippen molar-refractivity contribution < 1.29 is 22.4 Å². The lowest BCUT2D eigenvalue weighted by Gasteiger charge is -2.10. The number of carbonyl (C=O) groups excluding carboxylic acids is 1. The third-order valence-electron chi connectivity index (χ3n) is 4.68. The minimum Gasteiger partial charge on any atom is -0.465 e. The molecule has 0 unspecified atom stereocenters. The Kier molecular flexibility index (Phi) is 4.81. The third-order valence-corrected chi connectivity index (χ3v) is 4.68. The number of halogens is 3. The molecule has 0 bridgehead atoms. The zero-order chi connectivity index (χ0) is 21.5. The van der Waals surface area contributed by atoms with E-state index < -0.39 is 11.7 Å². The number of nitrogens with zero attached hydrogens (tertiary/aromatic N) is 3. The Morgan fingerprint density at radius 1 is 1.17 bits per heavy atom. The van der Waals surface area contributed by atoms with E-state index in [1.165, 1.54) is 23.0 Å². The van der Waals surface area contributed by atoms with Crippen LogP contribution in [0.25, 0.3) is 22.3 Å². The average Bonchev–Trinajstić information content (AvgIpc) is 3.30. The number of aromatic nitrogens is 3. The van der Waals surface area contributed by atoms with Crippen LogP contribution in [0.2, 0.25) is 0 Å². The molecule has 1 N–H and O–H groups in total. The van der Waals surface area contributed by atoms with Gasteiger partial charge >= 0.3 is 6.18 Å². The van der Waals surface area contributed by atoms with Gasteiger partial charge in [0.05, 0.1) is 34.9 Å².